The standard InChI is InChI=1S/C11H15FOSi/c1-14(2,3)13-11(9-12)10-7-5-4-6-8-10/h4-9H,1-3H3/b11-9-. The minimum atomic E-state index is -1.73. The highest BCUT2D eigenvalue weighted by molar-refractivity contribution is 6.70. The van der Waals surface area contributed by atoms with Crippen molar-refractivity contribution in [2.24, 2.45) is 0 Å². The molecule has 0 saturated carbocycles. The summed E-state index contributed by atoms with van der Waals surface area (Å²) in [6, 6.07) is 9.31. The summed E-state index contributed by atoms with van der Waals surface area (Å²) in [5, 5.41) is 0. The van der Waals surface area contributed by atoms with E-state index in [1.54, 1.807) is 0 Å². The second kappa shape index (κ2) is 4.42. The highest BCUT2D eigenvalue weighted by atomic mass is 28.4. The Morgan fingerprint density at radius 2 is 1.79 bits per heavy atom. The SMILES string of the molecule is C[Si](C)(C)O/C(=C\F)c1ccccc1. The summed E-state index contributed by atoms with van der Waals surface area (Å²) in [6.07, 6.45) is 0.535. The van der Waals surface area contributed by atoms with Crippen LogP contribution in [0.5, 0.6) is 0 Å². The van der Waals surface area contributed by atoms with E-state index >= 15 is 0 Å². The second-order valence-electron chi connectivity index (χ2n) is 4.05. The summed E-state index contributed by atoms with van der Waals surface area (Å²) in [7, 11) is -1.73. The Labute approximate surface area is 85.3 Å². The van der Waals surface area contributed by atoms with Gasteiger partial charge < -0.3 is 4.43 Å². The van der Waals surface area contributed by atoms with Gasteiger partial charge in [0.25, 0.3) is 0 Å². The first-order chi connectivity index (χ1) is 6.53. The summed E-state index contributed by atoms with van der Waals surface area (Å²) < 4.78 is 18.2. The number of hydrogen-bond donors (Lipinski definition) is 0. The molecule has 1 aromatic carbocycles. The van der Waals surface area contributed by atoms with Crippen LogP contribution >= 0.6 is 0 Å². The number of hydrogen-bond acceptors (Lipinski definition) is 1. The average molecular weight is 210 g/mol. The second-order valence-corrected chi connectivity index (χ2v) is 8.48. The smallest absolute Gasteiger partial charge is 0.242 e. The molecule has 0 saturated heterocycles. The number of rotatable bonds is 3. The van der Waals surface area contributed by atoms with Crippen molar-refractivity contribution in [2.75, 3.05) is 0 Å². The molecular weight excluding hydrogens is 195 g/mol. The average Bonchev–Trinajstić information content (AvgIpc) is 2.14. The lowest BCUT2D eigenvalue weighted by Crippen LogP contribution is -2.24. The van der Waals surface area contributed by atoms with Gasteiger partial charge in [-0.1, -0.05) is 30.3 Å². The number of halogens is 1. The first-order valence-electron chi connectivity index (χ1n) is 4.58. The van der Waals surface area contributed by atoms with E-state index in [0.717, 1.165) is 5.56 Å². The van der Waals surface area contributed by atoms with Gasteiger partial charge in [0.05, 0.1) is 0 Å². The van der Waals surface area contributed by atoms with E-state index in [2.05, 4.69) is 0 Å². The van der Waals surface area contributed by atoms with E-state index in [4.69, 9.17) is 4.43 Å². The van der Waals surface area contributed by atoms with Crippen LogP contribution in [0.15, 0.2) is 36.7 Å². The third-order valence-corrected chi connectivity index (χ3v) is 2.41. The fraction of sp³-hybridized carbons (Fsp3) is 0.273. The van der Waals surface area contributed by atoms with Gasteiger partial charge in [-0.2, -0.15) is 0 Å². The zero-order chi connectivity index (χ0) is 10.6. The molecule has 0 aliphatic rings. The normalized spacial score (nSPS) is 12.7. The quantitative estimate of drug-likeness (QED) is 0.544. The Kier molecular flexibility index (Phi) is 3.47. The van der Waals surface area contributed by atoms with Gasteiger partial charge in [0, 0.05) is 5.56 Å². The Morgan fingerprint density at radius 3 is 2.21 bits per heavy atom. The molecule has 0 radical (unpaired) electrons. The van der Waals surface area contributed by atoms with Crippen LogP contribution < -0.4 is 0 Å². The molecule has 0 atom stereocenters. The molecule has 3 heteroatoms. The van der Waals surface area contributed by atoms with Crippen molar-refractivity contribution < 1.29 is 8.82 Å². The van der Waals surface area contributed by atoms with Gasteiger partial charge in [-0.05, 0) is 19.6 Å². The third-order valence-electron chi connectivity index (χ3n) is 1.57. The predicted molar refractivity (Wildman–Crippen MR) is 60.0 cm³/mol. The fourth-order valence-corrected chi connectivity index (χ4v) is 1.90. The van der Waals surface area contributed by atoms with Crippen LogP contribution in [0.4, 0.5) is 4.39 Å². The van der Waals surface area contributed by atoms with Crippen LogP contribution in [0.1, 0.15) is 5.56 Å². The lowest BCUT2D eigenvalue weighted by atomic mass is 10.2. The van der Waals surface area contributed by atoms with Gasteiger partial charge in [-0.25, -0.2) is 4.39 Å². The molecule has 0 heterocycles. The molecule has 1 rings (SSSR count). The topological polar surface area (TPSA) is 9.23 Å². The molecule has 76 valence electrons. The van der Waals surface area contributed by atoms with Gasteiger partial charge in [0.1, 0.15) is 12.1 Å². The van der Waals surface area contributed by atoms with Crippen molar-refractivity contribution in [3.63, 3.8) is 0 Å². The molecule has 0 N–H and O–H groups in total. The van der Waals surface area contributed by atoms with Crippen LogP contribution in [-0.2, 0) is 4.43 Å². The molecule has 0 amide bonds. The maximum atomic E-state index is 12.6. The monoisotopic (exact) mass is 210 g/mol. The van der Waals surface area contributed by atoms with Crippen molar-refractivity contribution in [2.45, 2.75) is 19.6 Å². The van der Waals surface area contributed by atoms with E-state index in [1.807, 2.05) is 50.0 Å². The molecule has 0 aromatic heterocycles. The highest BCUT2D eigenvalue weighted by Crippen LogP contribution is 2.20. The van der Waals surface area contributed by atoms with Crippen LogP contribution in [0.25, 0.3) is 5.76 Å². The highest BCUT2D eigenvalue weighted by Gasteiger charge is 2.18. The van der Waals surface area contributed by atoms with E-state index in [9.17, 15) is 4.39 Å². The van der Waals surface area contributed by atoms with Crippen LogP contribution in [-0.4, -0.2) is 8.32 Å². The summed E-state index contributed by atoms with van der Waals surface area (Å²) in [5.74, 6) is 0.338. The third kappa shape index (κ3) is 3.34. The van der Waals surface area contributed by atoms with Crippen molar-refractivity contribution in [3.8, 4) is 0 Å². The van der Waals surface area contributed by atoms with Crippen molar-refractivity contribution in [1.29, 1.82) is 0 Å². The molecule has 0 fully saturated rings. The predicted octanol–water partition coefficient (Wildman–Crippen LogP) is 3.81. The molecule has 1 aromatic rings. The fourth-order valence-electron chi connectivity index (χ4n) is 1.08. The van der Waals surface area contributed by atoms with Crippen molar-refractivity contribution in [3.05, 3.63) is 42.2 Å². The molecule has 0 aliphatic carbocycles. The Hall–Kier alpha value is -1.09. The minimum absolute atomic E-state index is 0.338. The molecular formula is C11H15FOSi. The van der Waals surface area contributed by atoms with Gasteiger partial charge >= 0.3 is 0 Å². The lowest BCUT2D eigenvalue weighted by molar-refractivity contribution is 0.500. The molecule has 0 bridgehead atoms. The van der Waals surface area contributed by atoms with E-state index in [1.165, 1.54) is 0 Å². The molecule has 0 spiro atoms. The first kappa shape index (κ1) is 11.0. The summed E-state index contributed by atoms with van der Waals surface area (Å²) >= 11 is 0. The Bertz CT molecular complexity index is 314. The molecule has 1 nitrogen and oxygen atoms in total. The largest absolute Gasteiger partial charge is 0.542 e. The van der Waals surface area contributed by atoms with Gasteiger partial charge in [0.15, 0.2) is 0 Å². The molecule has 0 unspecified atom stereocenters. The zero-order valence-corrected chi connectivity index (χ0v) is 9.75. The minimum Gasteiger partial charge on any atom is -0.542 e. The van der Waals surface area contributed by atoms with Crippen molar-refractivity contribution >= 4 is 14.1 Å². The van der Waals surface area contributed by atoms with Crippen LogP contribution in [0.3, 0.4) is 0 Å². The number of benzene rings is 1. The van der Waals surface area contributed by atoms with Crippen LogP contribution in [0.2, 0.25) is 19.6 Å². The van der Waals surface area contributed by atoms with E-state index in [-0.39, 0.29) is 0 Å². The summed E-state index contributed by atoms with van der Waals surface area (Å²) in [6.45, 7) is 6.08. The van der Waals surface area contributed by atoms with Gasteiger partial charge in [0.2, 0.25) is 8.32 Å². The van der Waals surface area contributed by atoms with Gasteiger partial charge in [-0.15, -0.1) is 0 Å². The molecule has 14 heavy (non-hydrogen) atoms. The van der Waals surface area contributed by atoms with E-state index < -0.39 is 8.32 Å². The Balaban J connectivity index is 2.85. The summed E-state index contributed by atoms with van der Waals surface area (Å²) in [5.41, 5.74) is 0.789. The molecule has 0 aliphatic heterocycles. The summed E-state index contributed by atoms with van der Waals surface area (Å²) in [4.78, 5) is 0. The van der Waals surface area contributed by atoms with Crippen LogP contribution in [0, 0.1) is 0 Å². The maximum Gasteiger partial charge on any atom is 0.242 e. The Morgan fingerprint density at radius 1 is 1.21 bits per heavy atom. The zero-order valence-electron chi connectivity index (χ0n) is 8.75. The van der Waals surface area contributed by atoms with E-state index in [0.29, 0.717) is 12.1 Å². The van der Waals surface area contributed by atoms with Gasteiger partial charge in [-0.3, -0.25) is 0 Å². The maximum absolute atomic E-state index is 12.6. The first-order valence-corrected chi connectivity index (χ1v) is 7.98. The lowest BCUT2D eigenvalue weighted by Gasteiger charge is -2.20. The van der Waals surface area contributed by atoms with Crippen molar-refractivity contribution in [1.82, 2.24) is 0 Å².